The van der Waals surface area contributed by atoms with Gasteiger partial charge >= 0.3 is 6.18 Å². The summed E-state index contributed by atoms with van der Waals surface area (Å²) in [4.78, 5) is 11.0. The molecule has 1 aromatic rings. The van der Waals surface area contributed by atoms with Crippen molar-refractivity contribution >= 4 is 6.29 Å². The second-order valence-corrected chi connectivity index (χ2v) is 5.35. The Morgan fingerprint density at radius 2 is 1.70 bits per heavy atom. The van der Waals surface area contributed by atoms with Crippen LogP contribution in [0.2, 0.25) is 0 Å². The molecule has 20 heavy (non-hydrogen) atoms. The van der Waals surface area contributed by atoms with Gasteiger partial charge in [-0.1, -0.05) is 43.2 Å². The Hall–Kier alpha value is -1.36. The van der Waals surface area contributed by atoms with Gasteiger partial charge in [-0.2, -0.15) is 13.2 Å². The van der Waals surface area contributed by atoms with Gasteiger partial charge in [-0.05, 0) is 24.3 Å². The Balaban J connectivity index is 2.39. The molecule has 0 radical (unpaired) electrons. The Morgan fingerprint density at radius 1 is 1.10 bits per heavy atom. The maximum absolute atomic E-state index is 13.1. The van der Waals surface area contributed by atoms with Crippen LogP contribution in [0.5, 0.6) is 0 Å². The first kappa shape index (κ1) is 15.0. The summed E-state index contributed by atoms with van der Waals surface area (Å²) in [6.07, 6.45) is -3.11. The highest BCUT2D eigenvalue weighted by molar-refractivity contribution is 5.65. The van der Waals surface area contributed by atoms with Crippen molar-refractivity contribution in [3.05, 3.63) is 35.9 Å². The number of aliphatic hydroxyl groups is 1. The van der Waals surface area contributed by atoms with Crippen molar-refractivity contribution in [2.75, 3.05) is 0 Å². The molecule has 0 spiro atoms. The zero-order valence-electron chi connectivity index (χ0n) is 10.9. The van der Waals surface area contributed by atoms with Crippen LogP contribution in [0.3, 0.4) is 0 Å². The van der Waals surface area contributed by atoms with E-state index in [0.29, 0.717) is 12.8 Å². The lowest BCUT2D eigenvalue weighted by Gasteiger charge is -2.41. The molecule has 3 unspecified atom stereocenters. The third-order valence-corrected chi connectivity index (χ3v) is 4.19. The number of aldehydes is 1. The zero-order chi connectivity index (χ0) is 14.8. The largest absolute Gasteiger partial charge is 0.424 e. The molecule has 1 N–H and O–H groups in total. The Morgan fingerprint density at radius 3 is 2.25 bits per heavy atom. The van der Waals surface area contributed by atoms with E-state index >= 15 is 0 Å². The average molecular weight is 286 g/mol. The first-order chi connectivity index (χ1) is 9.40. The van der Waals surface area contributed by atoms with Gasteiger partial charge in [-0.15, -0.1) is 0 Å². The van der Waals surface area contributed by atoms with Gasteiger partial charge in [0.05, 0.1) is 0 Å². The molecule has 2 nitrogen and oxygen atoms in total. The summed E-state index contributed by atoms with van der Waals surface area (Å²) in [5, 5.41) is 9.92. The van der Waals surface area contributed by atoms with Crippen LogP contribution in [0.4, 0.5) is 13.2 Å². The summed E-state index contributed by atoms with van der Waals surface area (Å²) in [5.74, 6) is -1.56. The Kier molecular flexibility index (Phi) is 4.18. The molecule has 0 heterocycles. The molecule has 0 aliphatic heterocycles. The summed E-state index contributed by atoms with van der Waals surface area (Å²) >= 11 is 0. The van der Waals surface area contributed by atoms with Gasteiger partial charge < -0.3 is 5.11 Å². The van der Waals surface area contributed by atoms with Crippen LogP contribution < -0.4 is 0 Å². The second kappa shape index (κ2) is 5.56. The smallest absolute Gasteiger partial charge is 0.374 e. The summed E-state index contributed by atoms with van der Waals surface area (Å²) in [7, 11) is 0. The van der Waals surface area contributed by atoms with Crippen LogP contribution in [0, 0.1) is 5.92 Å². The fourth-order valence-corrected chi connectivity index (χ4v) is 3.12. The highest BCUT2D eigenvalue weighted by Gasteiger charge is 2.60. The first-order valence-corrected chi connectivity index (χ1v) is 6.70. The minimum absolute atomic E-state index is 0.203. The summed E-state index contributed by atoms with van der Waals surface area (Å²) < 4.78 is 39.3. The van der Waals surface area contributed by atoms with Crippen molar-refractivity contribution in [1.29, 1.82) is 0 Å². The van der Waals surface area contributed by atoms with Gasteiger partial charge in [0.25, 0.3) is 0 Å². The third-order valence-electron chi connectivity index (χ3n) is 4.19. The summed E-state index contributed by atoms with van der Waals surface area (Å²) in [6.45, 7) is 0. The number of benzene rings is 1. The molecule has 5 heteroatoms. The quantitative estimate of drug-likeness (QED) is 0.864. The van der Waals surface area contributed by atoms with Gasteiger partial charge in [0.1, 0.15) is 0 Å². The average Bonchev–Trinajstić information content (AvgIpc) is 2.46. The Labute approximate surface area is 115 Å². The number of carbonyl (C=O) groups excluding carboxylic acids is 1. The van der Waals surface area contributed by atoms with Crippen LogP contribution in [0.25, 0.3) is 0 Å². The third kappa shape index (κ3) is 2.59. The molecule has 1 saturated carbocycles. The standard InChI is InChI=1S/C15H17F3O2/c16-15(17,18)14(20,10-19)13-9-5-4-8-12(13)11-6-2-1-3-7-11/h1-3,6-7,10,12-13,20H,4-5,8-9H2. The van der Waals surface area contributed by atoms with Crippen LogP contribution in [0.1, 0.15) is 37.2 Å². The number of halogens is 3. The molecule has 110 valence electrons. The minimum atomic E-state index is -4.94. The molecule has 1 aliphatic carbocycles. The van der Waals surface area contributed by atoms with Gasteiger partial charge in [0.2, 0.25) is 5.60 Å². The van der Waals surface area contributed by atoms with Crippen LogP contribution in [-0.2, 0) is 4.79 Å². The van der Waals surface area contributed by atoms with Crippen molar-refractivity contribution in [1.82, 2.24) is 0 Å². The highest BCUT2D eigenvalue weighted by Crippen LogP contribution is 2.48. The number of alkyl halides is 3. The van der Waals surface area contributed by atoms with Gasteiger partial charge in [0, 0.05) is 5.92 Å². The van der Waals surface area contributed by atoms with E-state index in [0.717, 1.165) is 12.0 Å². The van der Waals surface area contributed by atoms with Crippen LogP contribution in [-0.4, -0.2) is 23.2 Å². The topological polar surface area (TPSA) is 37.3 Å². The van der Waals surface area contributed by atoms with E-state index in [1.807, 2.05) is 0 Å². The lowest BCUT2D eigenvalue weighted by molar-refractivity contribution is -0.266. The van der Waals surface area contributed by atoms with Crippen LogP contribution >= 0.6 is 0 Å². The summed E-state index contributed by atoms with van der Waals surface area (Å²) in [6, 6.07) is 8.81. The zero-order valence-corrected chi connectivity index (χ0v) is 10.9. The van der Waals surface area contributed by atoms with E-state index in [2.05, 4.69) is 0 Å². The monoisotopic (exact) mass is 286 g/mol. The van der Waals surface area contributed by atoms with E-state index in [1.165, 1.54) is 0 Å². The van der Waals surface area contributed by atoms with Crippen molar-refractivity contribution in [2.24, 2.45) is 5.92 Å². The highest BCUT2D eigenvalue weighted by atomic mass is 19.4. The molecule has 1 fully saturated rings. The fraction of sp³-hybridized carbons (Fsp3) is 0.533. The lowest BCUT2D eigenvalue weighted by Crippen LogP contribution is -2.55. The predicted molar refractivity (Wildman–Crippen MR) is 68.2 cm³/mol. The molecule has 1 aromatic carbocycles. The number of hydrogen-bond donors (Lipinski definition) is 1. The molecule has 0 amide bonds. The predicted octanol–water partition coefficient (Wildman–Crippen LogP) is 3.45. The maximum Gasteiger partial charge on any atom is 0.424 e. The molecule has 0 aromatic heterocycles. The van der Waals surface area contributed by atoms with E-state index < -0.39 is 23.6 Å². The van der Waals surface area contributed by atoms with E-state index in [1.54, 1.807) is 30.3 Å². The van der Waals surface area contributed by atoms with Gasteiger partial charge in [-0.25, -0.2) is 0 Å². The Bertz CT molecular complexity index is 458. The van der Waals surface area contributed by atoms with E-state index in [4.69, 9.17) is 0 Å². The SMILES string of the molecule is O=CC(O)(C1CCCCC1c1ccccc1)C(F)(F)F. The van der Waals surface area contributed by atoms with E-state index in [9.17, 15) is 23.1 Å². The number of hydrogen-bond acceptors (Lipinski definition) is 2. The molecule has 0 saturated heterocycles. The maximum atomic E-state index is 13.1. The normalized spacial score (nSPS) is 26.8. The molecular weight excluding hydrogens is 269 g/mol. The van der Waals surface area contributed by atoms with E-state index in [-0.39, 0.29) is 12.7 Å². The fourth-order valence-electron chi connectivity index (χ4n) is 3.12. The summed E-state index contributed by atoms with van der Waals surface area (Å²) in [5.41, 5.74) is -2.50. The van der Waals surface area contributed by atoms with Gasteiger partial charge in [0.15, 0.2) is 6.29 Å². The minimum Gasteiger partial charge on any atom is -0.374 e. The number of rotatable bonds is 3. The van der Waals surface area contributed by atoms with Crippen molar-refractivity contribution in [3.8, 4) is 0 Å². The van der Waals surface area contributed by atoms with Gasteiger partial charge in [-0.3, -0.25) is 4.79 Å². The first-order valence-electron chi connectivity index (χ1n) is 6.70. The lowest BCUT2D eigenvalue weighted by atomic mass is 9.67. The van der Waals surface area contributed by atoms with Crippen molar-refractivity contribution in [2.45, 2.75) is 43.4 Å². The molecule has 0 bridgehead atoms. The molecule has 2 rings (SSSR count). The van der Waals surface area contributed by atoms with Crippen molar-refractivity contribution in [3.63, 3.8) is 0 Å². The molecular formula is C15H17F3O2. The number of carbonyl (C=O) groups is 1. The van der Waals surface area contributed by atoms with Crippen LogP contribution in [0.15, 0.2) is 30.3 Å². The second-order valence-electron chi connectivity index (χ2n) is 5.35. The van der Waals surface area contributed by atoms with Crippen molar-refractivity contribution < 1.29 is 23.1 Å². The molecule has 1 aliphatic rings. The molecule has 3 atom stereocenters.